The number of fused-ring (bicyclic) bond motifs is 1. The molecule has 156 valence electrons. The zero-order valence-electron chi connectivity index (χ0n) is 17.0. The molecule has 4 atom stereocenters. The largest absolute Gasteiger partial charge is 0.378 e. The van der Waals surface area contributed by atoms with Crippen LogP contribution in [0.1, 0.15) is 11.7 Å². The lowest BCUT2D eigenvalue weighted by atomic mass is 10.1. The Balaban J connectivity index is 1.30. The lowest BCUT2D eigenvalue weighted by molar-refractivity contribution is 0.0621. The van der Waals surface area contributed by atoms with Crippen molar-refractivity contribution >= 4 is 5.69 Å². The number of aromatic nitrogens is 5. The van der Waals surface area contributed by atoms with Gasteiger partial charge in [0.1, 0.15) is 18.2 Å². The van der Waals surface area contributed by atoms with E-state index in [0.717, 1.165) is 22.8 Å². The van der Waals surface area contributed by atoms with Crippen molar-refractivity contribution in [1.29, 1.82) is 0 Å². The highest BCUT2D eigenvalue weighted by molar-refractivity contribution is 5.60. The Hall–Kier alpha value is -2.88. The highest BCUT2D eigenvalue weighted by atomic mass is 16.6. The third kappa shape index (κ3) is 3.55. The zero-order valence-corrected chi connectivity index (χ0v) is 17.0. The van der Waals surface area contributed by atoms with Gasteiger partial charge in [0.2, 0.25) is 0 Å². The van der Waals surface area contributed by atoms with Crippen LogP contribution >= 0.6 is 0 Å². The summed E-state index contributed by atoms with van der Waals surface area (Å²) in [7, 11) is 4.04. The van der Waals surface area contributed by atoms with E-state index in [0.29, 0.717) is 19.8 Å². The second-order valence-electron chi connectivity index (χ2n) is 7.86. The minimum absolute atomic E-state index is 0.0353. The van der Waals surface area contributed by atoms with E-state index in [1.807, 2.05) is 49.1 Å². The molecule has 0 saturated carbocycles. The molecule has 1 N–H and O–H groups in total. The van der Waals surface area contributed by atoms with Gasteiger partial charge in [0.15, 0.2) is 5.82 Å². The monoisotopic (exact) mass is 407 g/mol. The maximum Gasteiger partial charge on any atom is 0.182 e. The third-order valence-electron chi connectivity index (χ3n) is 5.75. The SMILES string of the molecule is CN(C)c1ccc(-c2nnnn2[C@H]2CO[C@H]3[C@@H]2OC[C@@H]3NCc2ccccn2)cc1. The highest BCUT2D eigenvalue weighted by Gasteiger charge is 2.49. The molecular formula is C21H25N7O2. The molecule has 0 aliphatic carbocycles. The number of anilines is 1. The van der Waals surface area contributed by atoms with Crippen molar-refractivity contribution in [1.82, 2.24) is 30.5 Å². The van der Waals surface area contributed by atoms with E-state index < -0.39 is 0 Å². The van der Waals surface area contributed by atoms with Gasteiger partial charge in [0, 0.05) is 38.1 Å². The van der Waals surface area contributed by atoms with Gasteiger partial charge < -0.3 is 19.7 Å². The Kier molecular flexibility index (Phi) is 5.16. The lowest BCUT2D eigenvalue weighted by Gasteiger charge is -2.18. The number of benzene rings is 1. The average molecular weight is 407 g/mol. The molecule has 0 radical (unpaired) electrons. The molecule has 9 heteroatoms. The Morgan fingerprint density at radius 2 is 1.90 bits per heavy atom. The Bertz CT molecular complexity index is 977. The minimum atomic E-state index is -0.0884. The number of hydrogen-bond acceptors (Lipinski definition) is 8. The van der Waals surface area contributed by atoms with Crippen molar-refractivity contribution in [3.63, 3.8) is 0 Å². The predicted molar refractivity (Wildman–Crippen MR) is 111 cm³/mol. The van der Waals surface area contributed by atoms with Gasteiger partial charge >= 0.3 is 0 Å². The molecule has 0 unspecified atom stereocenters. The normalized spacial score (nSPS) is 25.4. The molecule has 30 heavy (non-hydrogen) atoms. The van der Waals surface area contributed by atoms with Crippen LogP contribution in [-0.4, -0.2) is 70.8 Å². The van der Waals surface area contributed by atoms with Crippen LogP contribution in [0.4, 0.5) is 5.69 Å². The number of pyridine rings is 1. The Labute approximate surface area is 175 Å². The summed E-state index contributed by atoms with van der Waals surface area (Å²) >= 11 is 0. The average Bonchev–Trinajstić information content (AvgIpc) is 3.50. The fourth-order valence-electron chi connectivity index (χ4n) is 4.12. The fraction of sp³-hybridized carbons (Fsp3) is 0.429. The molecular weight excluding hydrogens is 382 g/mol. The van der Waals surface area contributed by atoms with Crippen molar-refractivity contribution in [3.05, 3.63) is 54.4 Å². The third-order valence-corrected chi connectivity index (χ3v) is 5.75. The summed E-state index contributed by atoms with van der Waals surface area (Å²) in [6.45, 7) is 1.79. The van der Waals surface area contributed by atoms with Gasteiger partial charge in [0.05, 0.1) is 24.9 Å². The predicted octanol–water partition coefficient (Wildman–Crippen LogP) is 1.30. The first kappa shape index (κ1) is 19.1. The summed E-state index contributed by atoms with van der Waals surface area (Å²) in [6, 6.07) is 14.2. The van der Waals surface area contributed by atoms with Crippen molar-refractivity contribution in [2.75, 3.05) is 32.2 Å². The molecule has 0 amide bonds. The summed E-state index contributed by atoms with van der Waals surface area (Å²) in [5.41, 5.74) is 3.10. The van der Waals surface area contributed by atoms with Gasteiger partial charge in [-0.2, -0.15) is 0 Å². The number of hydrogen-bond donors (Lipinski definition) is 1. The molecule has 2 aliphatic rings. The van der Waals surface area contributed by atoms with Gasteiger partial charge in [-0.3, -0.25) is 4.98 Å². The molecule has 3 aromatic rings. The van der Waals surface area contributed by atoms with Crippen LogP contribution in [0.15, 0.2) is 48.7 Å². The molecule has 2 fully saturated rings. The molecule has 1 aromatic carbocycles. The van der Waals surface area contributed by atoms with Crippen molar-refractivity contribution in [3.8, 4) is 11.4 Å². The lowest BCUT2D eigenvalue weighted by Crippen LogP contribution is -2.40. The van der Waals surface area contributed by atoms with E-state index in [1.165, 1.54) is 0 Å². The molecule has 2 aromatic heterocycles. The van der Waals surface area contributed by atoms with Crippen LogP contribution in [0.2, 0.25) is 0 Å². The maximum atomic E-state index is 6.12. The first-order valence-corrected chi connectivity index (χ1v) is 10.1. The van der Waals surface area contributed by atoms with Crippen molar-refractivity contribution in [2.45, 2.75) is 30.8 Å². The first-order valence-electron chi connectivity index (χ1n) is 10.1. The number of tetrazole rings is 1. The second-order valence-corrected chi connectivity index (χ2v) is 7.86. The molecule has 2 aliphatic heterocycles. The van der Waals surface area contributed by atoms with Gasteiger partial charge in [-0.1, -0.05) is 6.07 Å². The van der Waals surface area contributed by atoms with E-state index in [4.69, 9.17) is 9.47 Å². The molecule has 5 rings (SSSR count). The summed E-state index contributed by atoms with van der Waals surface area (Å²) in [5.74, 6) is 0.725. The molecule has 2 saturated heterocycles. The maximum absolute atomic E-state index is 6.12. The Morgan fingerprint density at radius 3 is 2.67 bits per heavy atom. The standard InChI is InChI=1S/C21H25N7O2/c1-27(2)16-8-6-14(7-9-16)21-24-25-26-28(21)18-13-30-19-17(12-29-20(18)19)23-11-15-5-3-4-10-22-15/h3-10,17-20,23H,11-13H2,1-2H3/t17-,18-,19+,20+/m0/s1. The van der Waals surface area contributed by atoms with Crippen LogP contribution < -0.4 is 10.2 Å². The second kappa shape index (κ2) is 8.10. The summed E-state index contributed by atoms with van der Waals surface area (Å²) in [6.07, 6.45) is 1.68. The molecule has 9 nitrogen and oxygen atoms in total. The summed E-state index contributed by atoms with van der Waals surface area (Å²) in [5, 5.41) is 16.0. The number of nitrogens with one attached hydrogen (secondary N) is 1. The van der Waals surface area contributed by atoms with Crippen LogP contribution in [0.3, 0.4) is 0 Å². The van der Waals surface area contributed by atoms with Crippen LogP contribution in [0, 0.1) is 0 Å². The highest BCUT2D eigenvalue weighted by Crippen LogP contribution is 2.35. The Morgan fingerprint density at radius 1 is 1.07 bits per heavy atom. The summed E-state index contributed by atoms with van der Waals surface area (Å²) in [4.78, 5) is 6.43. The molecule has 0 spiro atoms. The number of rotatable bonds is 6. The van der Waals surface area contributed by atoms with E-state index in [1.54, 1.807) is 6.20 Å². The van der Waals surface area contributed by atoms with Gasteiger partial charge in [0.25, 0.3) is 0 Å². The van der Waals surface area contributed by atoms with Crippen molar-refractivity contribution in [2.24, 2.45) is 0 Å². The topological polar surface area (TPSA) is 90.2 Å². The first-order chi connectivity index (χ1) is 14.7. The smallest absolute Gasteiger partial charge is 0.182 e. The minimum Gasteiger partial charge on any atom is -0.378 e. The van der Waals surface area contributed by atoms with E-state index in [2.05, 4.69) is 42.9 Å². The van der Waals surface area contributed by atoms with E-state index in [-0.39, 0.29) is 24.3 Å². The van der Waals surface area contributed by atoms with E-state index >= 15 is 0 Å². The van der Waals surface area contributed by atoms with Crippen LogP contribution in [-0.2, 0) is 16.0 Å². The summed E-state index contributed by atoms with van der Waals surface area (Å²) < 4.78 is 14.1. The fourth-order valence-corrected chi connectivity index (χ4v) is 4.12. The van der Waals surface area contributed by atoms with Crippen LogP contribution in [0.5, 0.6) is 0 Å². The zero-order chi connectivity index (χ0) is 20.5. The van der Waals surface area contributed by atoms with Gasteiger partial charge in [-0.05, 0) is 46.8 Å². The van der Waals surface area contributed by atoms with E-state index in [9.17, 15) is 0 Å². The van der Waals surface area contributed by atoms with Gasteiger partial charge in [-0.15, -0.1) is 5.10 Å². The van der Waals surface area contributed by atoms with Crippen LogP contribution in [0.25, 0.3) is 11.4 Å². The number of nitrogens with zero attached hydrogens (tertiary/aromatic N) is 6. The van der Waals surface area contributed by atoms with Gasteiger partial charge in [-0.25, -0.2) is 4.68 Å². The van der Waals surface area contributed by atoms with Crippen molar-refractivity contribution < 1.29 is 9.47 Å². The molecule has 0 bridgehead atoms. The molecule has 4 heterocycles. The quantitative estimate of drug-likeness (QED) is 0.654. The number of ether oxygens (including phenoxy) is 2.